The molecule has 2 atom stereocenters. The first kappa shape index (κ1) is 32.3. The highest BCUT2D eigenvalue weighted by molar-refractivity contribution is 5.88. The summed E-state index contributed by atoms with van der Waals surface area (Å²) in [6, 6.07) is 8.51. The summed E-state index contributed by atoms with van der Waals surface area (Å²) in [5.74, 6) is -2.13. The Morgan fingerprint density at radius 1 is 1.12 bits per heavy atom. The maximum absolute atomic E-state index is 14.7. The molecule has 0 fully saturated rings. The van der Waals surface area contributed by atoms with Gasteiger partial charge < -0.3 is 14.3 Å². The Kier molecular flexibility index (Phi) is 10.1. The molecule has 1 amide bonds. The molecule has 0 saturated carbocycles. The maximum Gasteiger partial charge on any atom is 0.426 e. The van der Waals surface area contributed by atoms with Gasteiger partial charge in [0.25, 0.3) is 11.8 Å². The van der Waals surface area contributed by atoms with Crippen LogP contribution in [0.15, 0.2) is 66.1 Å². The van der Waals surface area contributed by atoms with E-state index in [0.29, 0.717) is 18.1 Å². The van der Waals surface area contributed by atoms with Gasteiger partial charge in [-0.1, -0.05) is 49.4 Å². The average Bonchev–Trinajstić information content (AvgIpc) is 3.39. The van der Waals surface area contributed by atoms with E-state index in [0.717, 1.165) is 0 Å². The number of ether oxygens (including phenoxy) is 1. The number of alkyl halides is 6. The number of aromatic nitrogens is 3. The van der Waals surface area contributed by atoms with Crippen LogP contribution in [-0.2, 0) is 29.5 Å². The molecule has 0 aliphatic heterocycles. The number of amides is 1. The van der Waals surface area contributed by atoms with Gasteiger partial charge in [-0.15, -0.1) is 23.4 Å². The van der Waals surface area contributed by atoms with Crippen molar-refractivity contribution in [1.29, 1.82) is 0 Å². The monoisotopic (exact) mass is 598 g/mol. The molecule has 8 nitrogen and oxygen atoms in total. The van der Waals surface area contributed by atoms with Crippen molar-refractivity contribution in [3.05, 3.63) is 84.4 Å². The molecule has 1 unspecified atom stereocenters. The van der Waals surface area contributed by atoms with E-state index in [1.54, 1.807) is 42.6 Å². The normalized spacial score (nSPS) is 14.2. The minimum absolute atomic E-state index is 0.179. The molecular formula is C28H28F6N4O4. The van der Waals surface area contributed by atoms with E-state index < -0.39 is 71.5 Å². The number of allylic oxidation sites excluding steroid dienone is 2. The van der Waals surface area contributed by atoms with Crippen LogP contribution in [0.1, 0.15) is 48.9 Å². The van der Waals surface area contributed by atoms with E-state index in [1.165, 1.54) is 12.2 Å². The third-order valence-electron chi connectivity index (χ3n) is 6.22. The number of carbonyl (C=O) groups is 1. The van der Waals surface area contributed by atoms with Gasteiger partial charge >= 0.3 is 18.4 Å². The summed E-state index contributed by atoms with van der Waals surface area (Å²) >= 11 is 0. The van der Waals surface area contributed by atoms with E-state index in [-0.39, 0.29) is 18.8 Å². The number of nitrogens with zero attached hydrogens (tertiary/aromatic N) is 3. The molecular weight excluding hydrogens is 570 g/mol. The standard InChI is InChI=1S/C28H28F6N4O4/c1-4-6-13-26(28(32,33)34,41-16-18-11-8-7-9-12-18)24-38-37-23(42-24)22-21(36-25(39)40)15-19(27(29,30)31)20(35-22)14-17(3)10-5-2/h4-5,7-9,11-12,15,17,36H,1-2,6,10,13-14,16H2,3H3,(H,39,40)/t17?,26-/m1/s1. The third kappa shape index (κ3) is 7.55. The van der Waals surface area contributed by atoms with Crippen molar-refractivity contribution in [2.75, 3.05) is 5.32 Å². The van der Waals surface area contributed by atoms with Crippen LogP contribution in [0.2, 0.25) is 0 Å². The van der Waals surface area contributed by atoms with E-state index in [2.05, 4.69) is 28.3 Å². The lowest BCUT2D eigenvalue weighted by Gasteiger charge is -2.32. The first-order chi connectivity index (χ1) is 19.7. The third-order valence-corrected chi connectivity index (χ3v) is 6.22. The Balaban J connectivity index is 2.19. The van der Waals surface area contributed by atoms with Crippen molar-refractivity contribution in [2.24, 2.45) is 5.92 Å². The van der Waals surface area contributed by atoms with Crippen molar-refractivity contribution in [3.8, 4) is 11.6 Å². The number of carboxylic acid groups (broad SMARTS) is 1. The van der Waals surface area contributed by atoms with Gasteiger partial charge in [0.15, 0.2) is 5.69 Å². The second kappa shape index (κ2) is 13.2. The van der Waals surface area contributed by atoms with Gasteiger partial charge in [0.2, 0.25) is 5.60 Å². The van der Waals surface area contributed by atoms with E-state index in [4.69, 9.17) is 9.15 Å². The molecule has 226 valence electrons. The molecule has 0 spiro atoms. The van der Waals surface area contributed by atoms with Crippen molar-refractivity contribution in [1.82, 2.24) is 15.2 Å². The molecule has 0 radical (unpaired) electrons. The number of rotatable bonds is 13. The van der Waals surface area contributed by atoms with E-state index in [9.17, 15) is 36.2 Å². The molecule has 2 aromatic heterocycles. The largest absolute Gasteiger partial charge is 0.465 e. The first-order valence-electron chi connectivity index (χ1n) is 12.6. The summed E-state index contributed by atoms with van der Waals surface area (Å²) in [6.07, 6.45) is -9.77. The predicted molar refractivity (Wildman–Crippen MR) is 140 cm³/mol. The number of hydrogen-bond donors (Lipinski definition) is 2. The van der Waals surface area contributed by atoms with Crippen molar-refractivity contribution < 1.29 is 45.4 Å². The molecule has 2 heterocycles. The second-order valence-electron chi connectivity index (χ2n) is 9.48. The Labute approximate surface area is 237 Å². The molecule has 0 saturated heterocycles. The maximum atomic E-state index is 14.7. The van der Waals surface area contributed by atoms with Gasteiger partial charge in [0, 0.05) is 0 Å². The van der Waals surface area contributed by atoms with Crippen LogP contribution < -0.4 is 5.32 Å². The van der Waals surface area contributed by atoms with Crippen LogP contribution in [0.5, 0.6) is 0 Å². The lowest BCUT2D eigenvalue weighted by Crippen LogP contribution is -2.45. The van der Waals surface area contributed by atoms with Crippen LogP contribution in [0, 0.1) is 5.92 Å². The van der Waals surface area contributed by atoms with Gasteiger partial charge in [-0.05, 0) is 43.2 Å². The zero-order chi connectivity index (χ0) is 31.1. The van der Waals surface area contributed by atoms with Crippen LogP contribution in [0.25, 0.3) is 11.6 Å². The summed E-state index contributed by atoms with van der Waals surface area (Å²) in [4.78, 5) is 15.4. The van der Waals surface area contributed by atoms with Crippen LogP contribution in [0.4, 0.5) is 36.8 Å². The SMILES string of the molecule is C=CCC[C@@](OCc1ccccc1)(c1nnc(-c2nc(CC(C)CC=C)c(C(F)(F)F)cc2NC(=O)O)o1)C(F)(F)F. The minimum Gasteiger partial charge on any atom is -0.465 e. The van der Waals surface area contributed by atoms with Gasteiger partial charge in [0.1, 0.15) is 0 Å². The number of hydrogen-bond acceptors (Lipinski definition) is 6. The fourth-order valence-electron chi connectivity index (χ4n) is 4.18. The fraction of sp³-hybridized carbons (Fsp3) is 0.357. The molecule has 0 bridgehead atoms. The Hall–Kier alpha value is -4.20. The number of pyridine rings is 1. The second-order valence-corrected chi connectivity index (χ2v) is 9.48. The highest BCUT2D eigenvalue weighted by Crippen LogP contribution is 2.47. The van der Waals surface area contributed by atoms with Gasteiger partial charge in [-0.2, -0.15) is 26.3 Å². The molecule has 14 heteroatoms. The Morgan fingerprint density at radius 3 is 2.38 bits per heavy atom. The van der Waals surface area contributed by atoms with Crippen LogP contribution in [-0.4, -0.2) is 32.6 Å². The quantitative estimate of drug-likeness (QED) is 0.152. The van der Waals surface area contributed by atoms with Crippen molar-refractivity contribution >= 4 is 11.8 Å². The number of anilines is 1. The van der Waals surface area contributed by atoms with Crippen LogP contribution in [0.3, 0.4) is 0 Å². The molecule has 1 aromatic carbocycles. The zero-order valence-corrected chi connectivity index (χ0v) is 22.4. The first-order valence-corrected chi connectivity index (χ1v) is 12.6. The fourth-order valence-corrected chi connectivity index (χ4v) is 4.18. The zero-order valence-electron chi connectivity index (χ0n) is 22.4. The smallest absolute Gasteiger partial charge is 0.426 e. The summed E-state index contributed by atoms with van der Waals surface area (Å²) in [5.41, 5.74) is -5.72. The number of benzene rings is 1. The summed E-state index contributed by atoms with van der Waals surface area (Å²) in [7, 11) is 0. The number of halogens is 6. The van der Waals surface area contributed by atoms with Crippen molar-refractivity contribution in [2.45, 2.75) is 57.2 Å². The lowest BCUT2D eigenvalue weighted by atomic mass is 9.96. The topological polar surface area (TPSA) is 110 Å². The van der Waals surface area contributed by atoms with E-state index in [1.807, 2.05) is 0 Å². The molecule has 0 aliphatic rings. The summed E-state index contributed by atoms with van der Waals surface area (Å²) < 4.78 is 96.7. The molecule has 42 heavy (non-hydrogen) atoms. The van der Waals surface area contributed by atoms with Gasteiger partial charge in [-0.25, -0.2) is 9.78 Å². The van der Waals surface area contributed by atoms with Crippen LogP contribution >= 0.6 is 0 Å². The summed E-state index contributed by atoms with van der Waals surface area (Å²) in [6.45, 7) is 8.18. The average molecular weight is 599 g/mol. The van der Waals surface area contributed by atoms with Gasteiger partial charge in [0.05, 0.1) is 23.6 Å². The Morgan fingerprint density at radius 2 is 1.81 bits per heavy atom. The lowest BCUT2D eigenvalue weighted by molar-refractivity contribution is -0.299. The highest BCUT2D eigenvalue weighted by Gasteiger charge is 2.61. The van der Waals surface area contributed by atoms with E-state index >= 15 is 0 Å². The van der Waals surface area contributed by atoms with Gasteiger partial charge in [-0.3, -0.25) is 5.32 Å². The predicted octanol–water partition coefficient (Wildman–Crippen LogP) is 7.94. The highest BCUT2D eigenvalue weighted by atomic mass is 19.4. The summed E-state index contributed by atoms with van der Waals surface area (Å²) in [5, 5.41) is 18.2. The van der Waals surface area contributed by atoms with Crippen molar-refractivity contribution in [3.63, 3.8) is 0 Å². The Bertz CT molecular complexity index is 1390. The number of nitrogens with one attached hydrogen (secondary N) is 1. The molecule has 3 rings (SSSR count). The minimum atomic E-state index is -5.09. The molecule has 0 aliphatic carbocycles. The molecule has 2 N–H and O–H groups in total. The molecule has 3 aromatic rings.